The number of ether oxygens (including phenoxy) is 1. The molecule has 8 nitrogen and oxygen atoms in total. The molecule has 0 bridgehead atoms. The molecule has 10 heteroatoms. The fourth-order valence-corrected chi connectivity index (χ4v) is 4.58. The SMILES string of the molecule is COc1ccc(C(=O)N2C=NN(C)[C@@]23SC(C(C)=O)=NN3c2ccc(Br)cc2)cc1. The number of carbonyl (C=O) groups is 2. The Kier molecular flexibility index (Phi) is 5.29. The fraction of sp³-hybridized carbons (Fsp3) is 0.200. The maximum Gasteiger partial charge on any atom is 0.291 e. The molecule has 1 spiro atoms. The van der Waals surface area contributed by atoms with Crippen LogP contribution in [-0.2, 0) is 4.79 Å². The Labute approximate surface area is 186 Å². The molecule has 2 aromatic rings. The lowest BCUT2D eigenvalue weighted by Gasteiger charge is -2.42. The standard InChI is InChI=1S/C20H18BrN5O3S/c1-13(27)18-23-26(16-8-6-15(21)7-9-16)20(30-18)24(2)22-12-25(20)19(28)14-4-10-17(29-3)11-5-14/h4-12H,1-3H3/t20-/m1/s1. The number of methoxy groups -OCH3 is 1. The van der Waals surface area contributed by atoms with Gasteiger partial charge in [0.1, 0.15) is 12.1 Å². The van der Waals surface area contributed by atoms with E-state index in [2.05, 4.69) is 26.1 Å². The van der Waals surface area contributed by atoms with Crippen LogP contribution in [0.25, 0.3) is 0 Å². The average Bonchev–Trinajstić information content (AvgIpc) is 3.30. The summed E-state index contributed by atoms with van der Waals surface area (Å²) in [6.07, 6.45) is 1.46. The summed E-state index contributed by atoms with van der Waals surface area (Å²) < 4.78 is 6.09. The Bertz CT molecular complexity index is 1060. The van der Waals surface area contributed by atoms with Gasteiger partial charge in [-0.1, -0.05) is 15.9 Å². The molecule has 2 aliphatic heterocycles. The summed E-state index contributed by atoms with van der Waals surface area (Å²) in [7, 11) is 3.31. The first-order valence-corrected chi connectivity index (χ1v) is 10.6. The van der Waals surface area contributed by atoms with E-state index in [1.165, 1.54) is 29.9 Å². The van der Waals surface area contributed by atoms with Gasteiger partial charge in [0.05, 0.1) is 12.8 Å². The van der Waals surface area contributed by atoms with E-state index >= 15 is 0 Å². The third-order valence-electron chi connectivity index (χ3n) is 4.70. The highest BCUT2D eigenvalue weighted by atomic mass is 79.9. The van der Waals surface area contributed by atoms with E-state index < -0.39 is 5.12 Å². The number of halogens is 1. The monoisotopic (exact) mass is 487 g/mol. The number of Topliss-reactive ketones (excluding diaryl/α,β-unsaturated/α-hetero) is 1. The number of rotatable bonds is 4. The highest BCUT2D eigenvalue weighted by molar-refractivity contribution is 9.10. The Balaban J connectivity index is 1.78. The van der Waals surface area contributed by atoms with E-state index in [0.29, 0.717) is 22.0 Å². The van der Waals surface area contributed by atoms with Crippen molar-refractivity contribution in [2.45, 2.75) is 12.0 Å². The van der Waals surface area contributed by atoms with Crippen molar-refractivity contribution in [1.82, 2.24) is 9.91 Å². The van der Waals surface area contributed by atoms with E-state index in [4.69, 9.17) is 4.74 Å². The summed E-state index contributed by atoms with van der Waals surface area (Å²) >= 11 is 4.61. The second-order valence-electron chi connectivity index (χ2n) is 6.58. The zero-order valence-corrected chi connectivity index (χ0v) is 18.8. The van der Waals surface area contributed by atoms with E-state index in [9.17, 15) is 9.59 Å². The first-order valence-electron chi connectivity index (χ1n) is 8.97. The van der Waals surface area contributed by atoms with Crippen LogP contribution in [0, 0.1) is 0 Å². The van der Waals surface area contributed by atoms with Crippen LogP contribution in [0.4, 0.5) is 5.69 Å². The summed E-state index contributed by atoms with van der Waals surface area (Å²) in [5.41, 5.74) is 1.18. The molecule has 4 rings (SSSR count). The first-order chi connectivity index (χ1) is 14.4. The van der Waals surface area contributed by atoms with Crippen LogP contribution in [0.5, 0.6) is 5.75 Å². The molecular weight excluding hydrogens is 470 g/mol. The van der Waals surface area contributed by atoms with Gasteiger partial charge in [-0.25, -0.2) is 14.9 Å². The van der Waals surface area contributed by atoms with Crippen LogP contribution >= 0.6 is 27.7 Å². The topological polar surface area (TPSA) is 77.8 Å². The summed E-state index contributed by atoms with van der Waals surface area (Å²) in [6.45, 7) is 1.45. The van der Waals surface area contributed by atoms with Gasteiger partial charge in [0.25, 0.3) is 11.0 Å². The molecular formula is C20H18BrN5O3S. The number of hydrogen-bond acceptors (Lipinski definition) is 8. The Morgan fingerprint density at radius 2 is 1.77 bits per heavy atom. The fourth-order valence-electron chi connectivity index (χ4n) is 3.15. The first kappa shape index (κ1) is 20.4. The molecule has 1 amide bonds. The molecule has 0 unspecified atom stereocenters. The van der Waals surface area contributed by atoms with Gasteiger partial charge in [0, 0.05) is 24.0 Å². The maximum absolute atomic E-state index is 13.4. The third-order valence-corrected chi connectivity index (χ3v) is 6.70. The number of ketones is 1. The number of hydrogen-bond donors (Lipinski definition) is 0. The van der Waals surface area contributed by atoms with Gasteiger partial charge in [0.15, 0.2) is 10.8 Å². The van der Waals surface area contributed by atoms with Crippen molar-refractivity contribution < 1.29 is 14.3 Å². The minimum Gasteiger partial charge on any atom is -0.497 e. The minimum absolute atomic E-state index is 0.184. The van der Waals surface area contributed by atoms with Crippen LogP contribution in [0.15, 0.2) is 63.2 Å². The summed E-state index contributed by atoms with van der Waals surface area (Å²) in [6, 6.07) is 14.3. The molecule has 0 N–H and O–H groups in total. The zero-order chi connectivity index (χ0) is 21.5. The Hall–Kier alpha value is -2.85. The van der Waals surface area contributed by atoms with Crippen LogP contribution < -0.4 is 9.75 Å². The normalized spacial score (nSPS) is 20.1. The Morgan fingerprint density at radius 3 is 2.37 bits per heavy atom. The van der Waals surface area contributed by atoms with E-state index in [-0.39, 0.29) is 11.7 Å². The summed E-state index contributed by atoms with van der Waals surface area (Å²) in [5, 5.41) is 11.3. The van der Waals surface area contributed by atoms with Gasteiger partial charge in [0.2, 0.25) is 0 Å². The van der Waals surface area contributed by atoms with Crippen LogP contribution in [0.3, 0.4) is 0 Å². The summed E-state index contributed by atoms with van der Waals surface area (Å²) in [5.74, 6) is 0.193. The number of amides is 1. The minimum atomic E-state index is -1.17. The largest absolute Gasteiger partial charge is 0.497 e. The molecule has 0 saturated carbocycles. The second-order valence-corrected chi connectivity index (χ2v) is 8.64. The number of nitrogens with zero attached hydrogens (tertiary/aromatic N) is 5. The van der Waals surface area contributed by atoms with Crippen LogP contribution in [-0.4, -0.2) is 52.3 Å². The lowest BCUT2D eigenvalue weighted by Crippen LogP contribution is -2.60. The molecule has 0 aliphatic carbocycles. The van der Waals surface area contributed by atoms with Crippen molar-refractivity contribution in [3.05, 3.63) is 58.6 Å². The van der Waals surface area contributed by atoms with Gasteiger partial charge in [-0.3, -0.25) is 9.59 Å². The van der Waals surface area contributed by atoms with Gasteiger partial charge in [-0.05, 0) is 60.3 Å². The van der Waals surface area contributed by atoms with E-state index in [1.807, 2.05) is 24.3 Å². The van der Waals surface area contributed by atoms with Gasteiger partial charge in [-0.15, -0.1) is 0 Å². The number of carbonyl (C=O) groups excluding carboxylic acids is 2. The molecule has 0 aromatic heterocycles. The predicted molar refractivity (Wildman–Crippen MR) is 120 cm³/mol. The highest BCUT2D eigenvalue weighted by Gasteiger charge is 2.58. The highest BCUT2D eigenvalue weighted by Crippen LogP contribution is 2.47. The quantitative estimate of drug-likeness (QED) is 0.655. The second kappa shape index (κ2) is 7.77. The molecule has 30 heavy (non-hydrogen) atoms. The van der Waals surface area contributed by atoms with Crippen LogP contribution in [0.1, 0.15) is 17.3 Å². The van der Waals surface area contributed by atoms with Crippen molar-refractivity contribution in [3.8, 4) is 5.75 Å². The van der Waals surface area contributed by atoms with Crippen molar-refractivity contribution in [2.24, 2.45) is 10.2 Å². The molecule has 1 atom stereocenters. The van der Waals surface area contributed by atoms with Gasteiger partial charge >= 0.3 is 0 Å². The molecule has 2 heterocycles. The van der Waals surface area contributed by atoms with Crippen molar-refractivity contribution in [1.29, 1.82) is 0 Å². The number of anilines is 1. The van der Waals surface area contributed by atoms with E-state index in [0.717, 1.165) is 4.47 Å². The third kappa shape index (κ3) is 3.25. The maximum atomic E-state index is 13.4. The smallest absolute Gasteiger partial charge is 0.291 e. The molecule has 154 valence electrons. The molecule has 0 fully saturated rings. The molecule has 0 saturated heterocycles. The lowest BCUT2D eigenvalue weighted by atomic mass is 10.2. The Morgan fingerprint density at radius 1 is 1.10 bits per heavy atom. The molecule has 2 aromatic carbocycles. The zero-order valence-electron chi connectivity index (χ0n) is 16.4. The van der Waals surface area contributed by atoms with Gasteiger partial charge < -0.3 is 4.74 Å². The predicted octanol–water partition coefficient (Wildman–Crippen LogP) is 3.56. The lowest BCUT2D eigenvalue weighted by molar-refractivity contribution is -0.110. The summed E-state index contributed by atoms with van der Waals surface area (Å²) in [4.78, 5) is 27.1. The van der Waals surface area contributed by atoms with Crippen molar-refractivity contribution >= 4 is 56.5 Å². The molecule has 2 aliphatic rings. The number of hydrazone groups is 2. The number of benzene rings is 2. The van der Waals surface area contributed by atoms with Crippen molar-refractivity contribution in [3.63, 3.8) is 0 Å². The van der Waals surface area contributed by atoms with E-state index in [1.54, 1.807) is 48.4 Å². The number of thioether (sulfide) groups is 1. The average molecular weight is 488 g/mol. The van der Waals surface area contributed by atoms with Crippen LogP contribution in [0.2, 0.25) is 0 Å². The molecule has 0 radical (unpaired) electrons. The van der Waals surface area contributed by atoms with Crippen molar-refractivity contribution in [2.75, 3.05) is 19.2 Å². The van der Waals surface area contributed by atoms with Gasteiger partial charge in [-0.2, -0.15) is 10.2 Å².